The summed E-state index contributed by atoms with van der Waals surface area (Å²) in [5, 5.41) is 5.10. The second kappa shape index (κ2) is 7.70. The molecule has 0 radical (unpaired) electrons. The van der Waals surface area contributed by atoms with Crippen LogP contribution in [0, 0.1) is 5.82 Å². The van der Waals surface area contributed by atoms with Crippen molar-refractivity contribution in [2.24, 2.45) is 5.14 Å². The van der Waals surface area contributed by atoms with Gasteiger partial charge in [0.2, 0.25) is 10.0 Å². The van der Waals surface area contributed by atoms with Gasteiger partial charge in [-0.05, 0) is 49.4 Å². The van der Waals surface area contributed by atoms with Gasteiger partial charge < -0.3 is 0 Å². The summed E-state index contributed by atoms with van der Waals surface area (Å²) < 4.78 is 35.4. The Hall–Kier alpha value is -2.02. The molecule has 0 heterocycles. The minimum Gasteiger partial charge on any atom is -0.296 e. The van der Waals surface area contributed by atoms with Gasteiger partial charge in [0.15, 0.2) is 0 Å². The van der Waals surface area contributed by atoms with Crippen LogP contribution in [0.4, 0.5) is 4.39 Å². The van der Waals surface area contributed by atoms with Crippen LogP contribution in [0.25, 0.3) is 6.08 Å². The number of rotatable bonds is 6. The quantitative estimate of drug-likeness (QED) is 0.872. The van der Waals surface area contributed by atoms with E-state index in [0.717, 1.165) is 11.1 Å². The molecule has 6 heteroatoms. The number of benzene rings is 2. The Balaban J connectivity index is 1.98. The van der Waals surface area contributed by atoms with Crippen LogP contribution in [-0.2, 0) is 10.0 Å². The monoisotopic (exact) mass is 348 g/mol. The molecule has 1 atom stereocenters. The maximum Gasteiger partial charge on any atom is 0.238 e. The predicted molar refractivity (Wildman–Crippen MR) is 94.3 cm³/mol. The molecule has 0 saturated carbocycles. The van der Waals surface area contributed by atoms with Gasteiger partial charge in [0.05, 0.1) is 4.90 Å². The van der Waals surface area contributed by atoms with Crippen molar-refractivity contribution >= 4 is 16.1 Å². The van der Waals surface area contributed by atoms with Gasteiger partial charge in [-0.25, -0.2) is 17.9 Å². The van der Waals surface area contributed by atoms with Gasteiger partial charge in [-0.3, -0.25) is 4.90 Å². The third-order valence-corrected chi connectivity index (χ3v) is 4.86. The summed E-state index contributed by atoms with van der Waals surface area (Å²) in [6.45, 7) is 2.74. The van der Waals surface area contributed by atoms with Crippen molar-refractivity contribution in [1.82, 2.24) is 4.90 Å². The molecular weight excluding hydrogens is 327 g/mol. The standard InChI is InChI=1S/C18H21FN2O2S/c1-14(16-7-11-18(12-8-16)24(20,22)23)21(2)13-3-4-15-5-9-17(19)10-6-15/h3-12,14H,13H2,1-2H3,(H2,20,22,23)/b4-3+/t14-/m1/s1. The summed E-state index contributed by atoms with van der Waals surface area (Å²) in [6.07, 6.45) is 3.94. The third-order valence-electron chi connectivity index (χ3n) is 3.93. The Kier molecular flexibility index (Phi) is 5.88. The number of primary sulfonamides is 1. The minimum atomic E-state index is -3.66. The lowest BCUT2D eigenvalue weighted by Gasteiger charge is -2.23. The van der Waals surface area contributed by atoms with Crippen LogP contribution in [0.1, 0.15) is 24.1 Å². The third kappa shape index (κ3) is 4.99. The van der Waals surface area contributed by atoms with Gasteiger partial charge in [-0.2, -0.15) is 0 Å². The van der Waals surface area contributed by atoms with Gasteiger partial charge in [0.1, 0.15) is 5.82 Å². The van der Waals surface area contributed by atoms with Crippen LogP contribution in [0.15, 0.2) is 59.5 Å². The Labute approximate surface area is 142 Å². The molecular formula is C18H21FN2O2S. The highest BCUT2D eigenvalue weighted by molar-refractivity contribution is 7.89. The molecule has 0 unspecified atom stereocenters. The van der Waals surface area contributed by atoms with E-state index in [2.05, 4.69) is 4.90 Å². The molecule has 4 nitrogen and oxygen atoms in total. The fraction of sp³-hybridized carbons (Fsp3) is 0.222. The van der Waals surface area contributed by atoms with E-state index in [0.29, 0.717) is 6.54 Å². The maximum atomic E-state index is 12.9. The van der Waals surface area contributed by atoms with Crippen molar-refractivity contribution in [2.45, 2.75) is 17.9 Å². The summed E-state index contributed by atoms with van der Waals surface area (Å²) in [5.41, 5.74) is 1.94. The number of halogens is 1. The van der Waals surface area contributed by atoms with Crippen LogP contribution >= 0.6 is 0 Å². The zero-order valence-corrected chi connectivity index (χ0v) is 14.5. The number of hydrogen-bond donors (Lipinski definition) is 1. The van der Waals surface area contributed by atoms with Crippen LogP contribution in [-0.4, -0.2) is 26.9 Å². The van der Waals surface area contributed by atoms with Crippen molar-refractivity contribution in [3.05, 3.63) is 71.6 Å². The molecule has 0 spiro atoms. The van der Waals surface area contributed by atoms with Crippen molar-refractivity contribution in [1.29, 1.82) is 0 Å². The van der Waals surface area contributed by atoms with Gasteiger partial charge in [-0.1, -0.05) is 36.4 Å². The molecule has 0 fully saturated rings. The largest absolute Gasteiger partial charge is 0.296 e. The van der Waals surface area contributed by atoms with Crippen molar-refractivity contribution in [3.63, 3.8) is 0 Å². The van der Waals surface area contributed by atoms with E-state index >= 15 is 0 Å². The second-order valence-electron chi connectivity index (χ2n) is 5.68. The fourth-order valence-corrected chi connectivity index (χ4v) is 2.79. The molecule has 0 aliphatic rings. The highest BCUT2D eigenvalue weighted by Gasteiger charge is 2.12. The second-order valence-corrected chi connectivity index (χ2v) is 7.24. The summed E-state index contributed by atoms with van der Waals surface area (Å²) in [5.74, 6) is -0.249. The SMILES string of the molecule is C[C@H](c1ccc(S(N)(=O)=O)cc1)N(C)C/C=C/c1ccc(F)cc1. The van der Waals surface area contributed by atoms with Crippen LogP contribution in [0.5, 0.6) is 0 Å². The van der Waals surface area contributed by atoms with E-state index < -0.39 is 10.0 Å². The summed E-state index contributed by atoms with van der Waals surface area (Å²) in [6, 6.07) is 13.0. The van der Waals surface area contributed by atoms with E-state index in [9.17, 15) is 12.8 Å². The lowest BCUT2D eigenvalue weighted by molar-refractivity contribution is 0.290. The Morgan fingerprint density at radius 3 is 2.25 bits per heavy atom. The molecule has 0 aliphatic carbocycles. The summed E-state index contributed by atoms with van der Waals surface area (Å²) in [7, 11) is -1.69. The number of nitrogens with zero attached hydrogens (tertiary/aromatic N) is 1. The van der Waals surface area contributed by atoms with Crippen LogP contribution < -0.4 is 5.14 Å². The Bertz CT molecular complexity index is 800. The summed E-state index contributed by atoms with van der Waals surface area (Å²) >= 11 is 0. The van der Waals surface area contributed by atoms with Gasteiger partial charge in [0, 0.05) is 12.6 Å². The maximum absolute atomic E-state index is 12.9. The molecule has 0 saturated heterocycles. The molecule has 128 valence electrons. The average molecular weight is 348 g/mol. The normalized spacial score (nSPS) is 13.5. The van der Waals surface area contributed by atoms with Crippen molar-refractivity contribution in [2.75, 3.05) is 13.6 Å². The highest BCUT2D eigenvalue weighted by Crippen LogP contribution is 2.20. The van der Waals surface area contributed by atoms with E-state index in [1.54, 1.807) is 24.3 Å². The number of nitrogens with two attached hydrogens (primary N) is 1. The molecule has 0 bridgehead atoms. The molecule has 0 aliphatic heterocycles. The van der Waals surface area contributed by atoms with E-state index in [1.807, 2.05) is 26.1 Å². The molecule has 0 amide bonds. The first-order valence-electron chi connectivity index (χ1n) is 7.52. The Morgan fingerprint density at radius 2 is 1.71 bits per heavy atom. The van der Waals surface area contributed by atoms with Crippen molar-refractivity contribution < 1.29 is 12.8 Å². The lowest BCUT2D eigenvalue weighted by atomic mass is 10.1. The highest BCUT2D eigenvalue weighted by atomic mass is 32.2. The smallest absolute Gasteiger partial charge is 0.238 e. The van der Waals surface area contributed by atoms with E-state index in [-0.39, 0.29) is 16.8 Å². The molecule has 2 N–H and O–H groups in total. The molecule has 2 rings (SSSR count). The minimum absolute atomic E-state index is 0.109. The first-order chi connectivity index (χ1) is 11.3. The van der Waals surface area contributed by atoms with Crippen LogP contribution in [0.2, 0.25) is 0 Å². The number of likely N-dealkylation sites (N-methyl/N-ethyl adjacent to an activating group) is 1. The Morgan fingerprint density at radius 1 is 1.12 bits per heavy atom. The van der Waals surface area contributed by atoms with Gasteiger partial charge >= 0.3 is 0 Å². The first kappa shape index (κ1) is 18.3. The van der Waals surface area contributed by atoms with E-state index in [1.165, 1.54) is 24.3 Å². The molecule has 2 aromatic carbocycles. The average Bonchev–Trinajstić information content (AvgIpc) is 2.55. The zero-order valence-electron chi connectivity index (χ0n) is 13.7. The van der Waals surface area contributed by atoms with E-state index in [4.69, 9.17) is 5.14 Å². The van der Waals surface area contributed by atoms with Crippen LogP contribution in [0.3, 0.4) is 0 Å². The molecule has 0 aromatic heterocycles. The number of hydrogen-bond acceptors (Lipinski definition) is 3. The van der Waals surface area contributed by atoms with Gasteiger partial charge in [-0.15, -0.1) is 0 Å². The summed E-state index contributed by atoms with van der Waals surface area (Å²) in [4.78, 5) is 2.23. The number of sulfonamides is 1. The first-order valence-corrected chi connectivity index (χ1v) is 9.07. The fourth-order valence-electron chi connectivity index (χ4n) is 2.28. The predicted octanol–water partition coefficient (Wildman–Crippen LogP) is 3.18. The topological polar surface area (TPSA) is 63.4 Å². The van der Waals surface area contributed by atoms with Gasteiger partial charge in [0.25, 0.3) is 0 Å². The zero-order chi connectivity index (χ0) is 17.7. The molecule has 2 aromatic rings. The van der Waals surface area contributed by atoms with Crippen molar-refractivity contribution in [3.8, 4) is 0 Å². The molecule has 24 heavy (non-hydrogen) atoms. The lowest BCUT2D eigenvalue weighted by Crippen LogP contribution is -2.22.